The zero-order chi connectivity index (χ0) is 21.7. The van der Waals surface area contributed by atoms with Crippen molar-refractivity contribution < 1.29 is 13.2 Å². The van der Waals surface area contributed by atoms with Gasteiger partial charge in [0.2, 0.25) is 15.9 Å². The van der Waals surface area contributed by atoms with E-state index < -0.39 is 22.0 Å². The number of amides is 1. The number of sulfonamides is 1. The Morgan fingerprint density at radius 3 is 2.10 bits per heavy atom. The van der Waals surface area contributed by atoms with E-state index in [4.69, 9.17) is 23.2 Å². The van der Waals surface area contributed by atoms with Crippen molar-refractivity contribution in [3.63, 3.8) is 0 Å². The average molecular weight is 463 g/mol. The van der Waals surface area contributed by atoms with Crippen LogP contribution in [0.15, 0.2) is 77.7 Å². The first-order valence-electron chi connectivity index (χ1n) is 9.14. The molecule has 0 spiro atoms. The molecule has 30 heavy (non-hydrogen) atoms. The van der Waals surface area contributed by atoms with Gasteiger partial charge in [-0.3, -0.25) is 4.79 Å². The van der Waals surface area contributed by atoms with Gasteiger partial charge in [0.05, 0.1) is 20.6 Å². The SMILES string of the molecule is Cc1ccc(S(=O)(=O)NC(Cc2ccccc2)C(=O)Nc2c(Cl)cccc2Cl)cc1. The fraction of sp³-hybridized carbons (Fsp3) is 0.136. The lowest BCUT2D eigenvalue weighted by molar-refractivity contribution is -0.117. The molecular formula is C22H20Cl2N2O3S. The molecule has 1 unspecified atom stereocenters. The molecule has 3 aromatic carbocycles. The van der Waals surface area contributed by atoms with Crippen molar-refractivity contribution in [1.29, 1.82) is 0 Å². The van der Waals surface area contributed by atoms with Gasteiger partial charge in [-0.2, -0.15) is 4.72 Å². The number of hydrogen-bond acceptors (Lipinski definition) is 3. The summed E-state index contributed by atoms with van der Waals surface area (Å²) in [4.78, 5) is 13.1. The van der Waals surface area contributed by atoms with E-state index in [1.807, 2.05) is 37.3 Å². The van der Waals surface area contributed by atoms with E-state index in [1.54, 1.807) is 30.3 Å². The highest BCUT2D eigenvalue weighted by molar-refractivity contribution is 7.89. The maximum atomic E-state index is 13.0. The molecule has 0 saturated heterocycles. The van der Waals surface area contributed by atoms with Crippen LogP contribution in [0.3, 0.4) is 0 Å². The first kappa shape index (κ1) is 22.3. The molecule has 0 saturated carbocycles. The van der Waals surface area contributed by atoms with Gasteiger partial charge in [0, 0.05) is 0 Å². The molecule has 2 N–H and O–H groups in total. The van der Waals surface area contributed by atoms with Gasteiger partial charge in [0.15, 0.2) is 0 Å². The molecule has 0 aromatic heterocycles. The van der Waals surface area contributed by atoms with Crippen LogP contribution in [-0.2, 0) is 21.2 Å². The van der Waals surface area contributed by atoms with Crippen LogP contribution in [0.2, 0.25) is 10.0 Å². The number of benzene rings is 3. The van der Waals surface area contributed by atoms with Crippen LogP contribution >= 0.6 is 23.2 Å². The molecule has 0 fully saturated rings. The van der Waals surface area contributed by atoms with E-state index >= 15 is 0 Å². The maximum Gasteiger partial charge on any atom is 0.242 e. The Bertz CT molecular complexity index is 1110. The third-order valence-corrected chi connectivity index (χ3v) is 6.56. The van der Waals surface area contributed by atoms with Crippen LogP contribution in [0.4, 0.5) is 5.69 Å². The van der Waals surface area contributed by atoms with Crippen LogP contribution in [0.1, 0.15) is 11.1 Å². The first-order chi connectivity index (χ1) is 14.3. The van der Waals surface area contributed by atoms with Crippen molar-refractivity contribution in [3.8, 4) is 0 Å². The van der Waals surface area contributed by atoms with Gasteiger partial charge in [0.25, 0.3) is 0 Å². The second-order valence-corrected chi connectivity index (χ2v) is 9.29. The van der Waals surface area contributed by atoms with Crippen LogP contribution in [0.25, 0.3) is 0 Å². The van der Waals surface area contributed by atoms with E-state index in [0.717, 1.165) is 11.1 Å². The van der Waals surface area contributed by atoms with E-state index in [0.29, 0.717) is 0 Å². The normalized spacial score (nSPS) is 12.4. The number of para-hydroxylation sites is 1. The Morgan fingerprint density at radius 2 is 1.50 bits per heavy atom. The number of nitrogens with one attached hydrogen (secondary N) is 2. The third-order valence-electron chi connectivity index (χ3n) is 4.44. The quantitative estimate of drug-likeness (QED) is 0.527. The lowest BCUT2D eigenvalue weighted by Crippen LogP contribution is -2.45. The molecule has 0 aliphatic heterocycles. The Kier molecular flexibility index (Phi) is 7.15. The van der Waals surface area contributed by atoms with E-state index in [1.165, 1.54) is 12.1 Å². The van der Waals surface area contributed by atoms with Gasteiger partial charge >= 0.3 is 0 Å². The summed E-state index contributed by atoms with van der Waals surface area (Å²) < 4.78 is 28.3. The van der Waals surface area contributed by atoms with E-state index in [2.05, 4.69) is 10.0 Å². The zero-order valence-corrected chi connectivity index (χ0v) is 18.4. The topological polar surface area (TPSA) is 75.3 Å². The summed E-state index contributed by atoms with van der Waals surface area (Å²) in [5.41, 5.74) is 1.97. The van der Waals surface area contributed by atoms with Crippen molar-refractivity contribution in [1.82, 2.24) is 4.72 Å². The molecule has 3 aromatic rings. The van der Waals surface area contributed by atoms with Crippen molar-refractivity contribution in [3.05, 3.63) is 94.0 Å². The van der Waals surface area contributed by atoms with Crippen LogP contribution in [0.5, 0.6) is 0 Å². The van der Waals surface area contributed by atoms with Gasteiger partial charge in [-0.25, -0.2) is 8.42 Å². The third kappa shape index (κ3) is 5.61. The smallest absolute Gasteiger partial charge is 0.242 e. The second-order valence-electron chi connectivity index (χ2n) is 6.76. The molecule has 0 aliphatic carbocycles. The summed E-state index contributed by atoms with van der Waals surface area (Å²) in [6.07, 6.45) is 0.153. The number of carbonyl (C=O) groups is 1. The van der Waals surface area contributed by atoms with Gasteiger partial charge in [0.1, 0.15) is 6.04 Å². The molecule has 0 aliphatic rings. The molecule has 5 nitrogen and oxygen atoms in total. The molecule has 8 heteroatoms. The summed E-state index contributed by atoms with van der Waals surface area (Å²) in [6.45, 7) is 1.86. The number of halogens is 2. The predicted molar refractivity (Wildman–Crippen MR) is 121 cm³/mol. The number of carbonyl (C=O) groups excluding carboxylic acids is 1. The molecule has 0 bridgehead atoms. The van der Waals surface area contributed by atoms with Gasteiger partial charge in [-0.05, 0) is 43.2 Å². The molecule has 0 radical (unpaired) electrons. The molecule has 3 rings (SSSR count). The van der Waals surface area contributed by atoms with E-state index in [9.17, 15) is 13.2 Å². The monoisotopic (exact) mass is 462 g/mol. The van der Waals surface area contributed by atoms with Crippen molar-refractivity contribution in [2.75, 3.05) is 5.32 Å². The van der Waals surface area contributed by atoms with Gasteiger partial charge in [-0.1, -0.05) is 77.3 Å². The standard InChI is InChI=1S/C22H20Cl2N2O3S/c1-15-10-12-17(13-11-15)30(28,29)26-20(14-16-6-3-2-4-7-16)22(27)25-21-18(23)8-5-9-19(21)24/h2-13,20,26H,14H2,1H3,(H,25,27). The van der Waals surface area contributed by atoms with E-state index in [-0.39, 0.29) is 27.0 Å². The highest BCUT2D eigenvalue weighted by Gasteiger charge is 2.27. The van der Waals surface area contributed by atoms with Gasteiger partial charge in [-0.15, -0.1) is 0 Å². The Balaban J connectivity index is 1.90. The number of hydrogen-bond donors (Lipinski definition) is 2. The molecule has 0 heterocycles. The highest BCUT2D eigenvalue weighted by Crippen LogP contribution is 2.30. The van der Waals surface area contributed by atoms with Crippen LogP contribution in [0, 0.1) is 6.92 Å². The Labute approximate surface area is 186 Å². The summed E-state index contributed by atoms with van der Waals surface area (Å²) in [6, 6.07) is 19.3. The van der Waals surface area contributed by atoms with Crippen molar-refractivity contribution in [2.24, 2.45) is 0 Å². The second kappa shape index (κ2) is 9.62. The van der Waals surface area contributed by atoms with Crippen LogP contribution < -0.4 is 10.0 Å². The average Bonchev–Trinajstić information content (AvgIpc) is 2.71. The Morgan fingerprint density at radius 1 is 0.900 bits per heavy atom. The summed E-state index contributed by atoms with van der Waals surface area (Å²) in [7, 11) is -3.93. The number of anilines is 1. The predicted octanol–water partition coefficient (Wildman–Crippen LogP) is 4.83. The lowest BCUT2D eigenvalue weighted by Gasteiger charge is -2.20. The zero-order valence-electron chi connectivity index (χ0n) is 16.1. The largest absolute Gasteiger partial charge is 0.322 e. The highest BCUT2D eigenvalue weighted by atomic mass is 35.5. The minimum Gasteiger partial charge on any atom is -0.322 e. The van der Waals surface area contributed by atoms with Crippen molar-refractivity contribution in [2.45, 2.75) is 24.3 Å². The minimum absolute atomic E-state index is 0.0785. The minimum atomic E-state index is -3.93. The lowest BCUT2D eigenvalue weighted by atomic mass is 10.1. The first-order valence-corrected chi connectivity index (χ1v) is 11.4. The summed E-state index contributed by atoms with van der Waals surface area (Å²) in [5.74, 6) is -0.565. The molecule has 1 atom stereocenters. The molecule has 1 amide bonds. The molecule has 156 valence electrons. The summed E-state index contributed by atoms with van der Waals surface area (Å²) >= 11 is 12.3. The maximum absolute atomic E-state index is 13.0. The fourth-order valence-corrected chi connectivity index (χ4v) is 4.53. The molecular weight excluding hydrogens is 443 g/mol. The summed E-state index contributed by atoms with van der Waals surface area (Å²) in [5, 5.41) is 3.17. The number of aryl methyl sites for hydroxylation is 1. The Hall–Kier alpha value is -2.38. The van der Waals surface area contributed by atoms with Crippen molar-refractivity contribution >= 4 is 44.8 Å². The number of rotatable bonds is 7. The fourth-order valence-electron chi connectivity index (χ4n) is 2.84. The van der Waals surface area contributed by atoms with Crippen LogP contribution in [-0.4, -0.2) is 20.4 Å². The van der Waals surface area contributed by atoms with Gasteiger partial charge < -0.3 is 5.32 Å².